The highest BCUT2D eigenvalue weighted by atomic mass is 16.4. The van der Waals surface area contributed by atoms with E-state index in [1.165, 1.54) is 12.8 Å². The van der Waals surface area contributed by atoms with Crippen LogP contribution in [0.5, 0.6) is 0 Å². The van der Waals surface area contributed by atoms with Crippen LogP contribution in [-0.4, -0.2) is 11.1 Å². The molecule has 0 aliphatic heterocycles. The number of allylic oxidation sites excluding steroid dienone is 1. The van der Waals surface area contributed by atoms with E-state index in [0.717, 1.165) is 12.8 Å². The Morgan fingerprint density at radius 2 is 2.00 bits per heavy atom. The minimum absolute atomic E-state index is 0.547. The van der Waals surface area contributed by atoms with Crippen molar-refractivity contribution in [3.8, 4) is 0 Å². The van der Waals surface area contributed by atoms with E-state index in [-0.39, 0.29) is 0 Å². The van der Waals surface area contributed by atoms with E-state index >= 15 is 0 Å². The third-order valence-electron chi connectivity index (χ3n) is 1.92. The smallest absolute Gasteiger partial charge is 0.331 e. The van der Waals surface area contributed by atoms with Gasteiger partial charge < -0.3 is 5.11 Å². The third kappa shape index (κ3) is 4.94. The average Bonchev–Trinajstić information content (AvgIpc) is 2.04. The molecule has 0 saturated carbocycles. The second kappa shape index (κ2) is 6.89. The van der Waals surface area contributed by atoms with Gasteiger partial charge in [-0.05, 0) is 19.8 Å². The lowest BCUT2D eigenvalue weighted by Gasteiger charge is -2.00. The summed E-state index contributed by atoms with van der Waals surface area (Å²) in [6, 6.07) is 0. The van der Waals surface area contributed by atoms with Crippen LogP contribution in [0.25, 0.3) is 0 Å². The highest BCUT2D eigenvalue weighted by Gasteiger charge is 2.03. The van der Waals surface area contributed by atoms with Gasteiger partial charge in [-0.3, -0.25) is 0 Å². The zero-order valence-electron chi connectivity index (χ0n) is 7.97. The van der Waals surface area contributed by atoms with Gasteiger partial charge in [-0.1, -0.05) is 32.3 Å². The van der Waals surface area contributed by atoms with Gasteiger partial charge in [0.1, 0.15) is 0 Å². The van der Waals surface area contributed by atoms with Gasteiger partial charge in [-0.25, -0.2) is 4.79 Å². The maximum absolute atomic E-state index is 10.5. The predicted molar refractivity (Wildman–Crippen MR) is 50.2 cm³/mol. The molecule has 0 atom stereocenters. The fraction of sp³-hybridized carbons (Fsp3) is 0.700. The molecule has 0 saturated heterocycles. The molecule has 0 spiro atoms. The van der Waals surface area contributed by atoms with E-state index in [2.05, 4.69) is 6.92 Å². The zero-order chi connectivity index (χ0) is 9.40. The van der Waals surface area contributed by atoms with Gasteiger partial charge in [0.05, 0.1) is 0 Å². The molecular weight excluding hydrogens is 152 g/mol. The minimum Gasteiger partial charge on any atom is -0.478 e. The summed E-state index contributed by atoms with van der Waals surface area (Å²) in [5, 5.41) is 8.66. The van der Waals surface area contributed by atoms with Gasteiger partial charge in [0, 0.05) is 5.57 Å². The summed E-state index contributed by atoms with van der Waals surface area (Å²) in [7, 11) is 0. The van der Waals surface area contributed by atoms with Gasteiger partial charge >= 0.3 is 5.97 Å². The van der Waals surface area contributed by atoms with Crippen LogP contribution in [0.2, 0.25) is 0 Å². The molecule has 0 aromatic heterocycles. The SMILES string of the molecule is CC=C(CCCCCC)C(=O)O. The number of rotatable bonds is 6. The first-order valence-corrected chi connectivity index (χ1v) is 4.60. The Hall–Kier alpha value is -0.790. The Morgan fingerprint density at radius 1 is 1.33 bits per heavy atom. The number of aliphatic carboxylic acids is 1. The van der Waals surface area contributed by atoms with Gasteiger partial charge in [0.2, 0.25) is 0 Å². The molecule has 0 unspecified atom stereocenters. The molecule has 2 nitrogen and oxygen atoms in total. The Morgan fingerprint density at radius 3 is 2.42 bits per heavy atom. The summed E-state index contributed by atoms with van der Waals surface area (Å²) in [6.07, 6.45) is 6.94. The molecule has 70 valence electrons. The van der Waals surface area contributed by atoms with Crippen LogP contribution >= 0.6 is 0 Å². The minimum atomic E-state index is -0.769. The van der Waals surface area contributed by atoms with Crippen LogP contribution in [0, 0.1) is 0 Å². The molecule has 0 radical (unpaired) electrons. The Balaban J connectivity index is 3.54. The fourth-order valence-electron chi connectivity index (χ4n) is 1.12. The van der Waals surface area contributed by atoms with E-state index in [9.17, 15) is 4.79 Å². The Bertz CT molecular complexity index is 159. The first kappa shape index (κ1) is 11.2. The standard InChI is InChI=1S/C10H18O2/c1-3-5-6-7-8-9(4-2)10(11)12/h4H,3,5-8H2,1-2H3,(H,11,12). The van der Waals surface area contributed by atoms with Gasteiger partial charge in [-0.15, -0.1) is 0 Å². The molecule has 0 fully saturated rings. The molecule has 0 aromatic rings. The number of carboxylic acids is 1. The molecule has 0 aromatic carbocycles. The van der Waals surface area contributed by atoms with Crippen LogP contribution in [-0.2, 0) is 4.79 Å². The van der Waals surface area contributed by atoms with Crippen molar-refractivity contribution in [3.63, 3.8) is 0 Å². The largest absolute Gasteiger partial charge is 0.478 e. The number of hydrogen-bond acceptors (Lipinski definition) is 1. The summed E-state index contributed by atoms with van der Waals surface area (Å²) in [5.74, 6) is -0.769. The lowest BCUT2D eigenvalue weighted by molar-refractivity contribution is -0.132. The van der Waals surface area contributed by atoms with Crippen molar-refractivity contribution in [2.45, 2.75) is 46.0 Å². The summed E-state index contributed by atoms with van der Waals surface area (Å²) < 4.78 is 0. The van der Waals surface area contributed by atoms with Crippen LogP contribution in [0.15, 0.2) is 11.6 Å². The van der Waals surface area contributed by atoms with Gasteiger partial charge in [0.15, 0.2) is 0 Å². The van der Waals surface area contributed by atoms with E-state index in [1.54, 1.807) is 13.0 Å². The highest BCUT2D eigenvalue weighted by Crippen LogP contribution is 2.09. The Labute approximate surface area is 74.3 Å². The van der Waals surface area contributed by atoms with Crippen LogP contribution < -0.4 is 0 Å². The van der Waals surface area contributed by atoms with Crippen molar-refractivity contribution < 1.29 is 9.90 Å². The first-order valence-electron chi connectivity index (χ1n) is 4.60. The molecule has 0 amide bonds. The normalized spacial score (nSPS) is 11.7. The number of carboxylic acid groups (broad SMARTS) is 1. The topological polar surface area (TPSA) is 37.3 Å². The number of hydrogen-bond donors (Lipinski definition) is 1. The number of carbonyl (C=O) groups is 1. The van der Waals surface area contributed by atoms with Crippen molar-refractivity contribution >= 4 is 5.97 Å². The highest BCUT2D eigenvalue weighted by molar-refractivity contribution is 5.86. The maximum Gasteiger partial charge on any atom is 0.331 e. The Kier molecular flexibility index (Phi) is 6.44. The second-order valence-corrected chi connectivity index (χ2v) is 2.93. The monoisotopic (exact) mass is 170 g/mol. The van der Waals surface area contributed by atoms with Crippen molar-refractivity contribution in [3.05, 3.63) is 11.6 Å². The molecule has 0 aliphatic carbocycles. The van der Waals surface area contributed by atoms with Crippen molar-refractivity contribution in [1.82, 2.24) is 0 Å². The molecular formula is C10H18O2. The van der Waals surface area contributed by atoms with Gasteiger partial charge in [0.25, 0.3) is 0 Å². The van der Waals surface area contributed by atoms with E-state index in [0.29, 0.717) is 12.0 Å². The second-order valence-electron chi connectivity index (χ2n) is 2.93. The lowest BCUT2D eigenvalue weighted by Crippen LogP contribution is -1.99. The lowest BCUT2D eigenvalue weighted by atomic mass is 10.1. The van der Waals surface area contributed by atoms with Crippen LogP contribution in [0.3, 0.4) is 0 Å². The molecule has 2 heteroatoms. The predicted octanol–water partition coefficient (Wildman–Crippen LogP) is 2.99. The molecule has 0 bridgehead atoms. The molecule has 0 aliphatic rings. The van der Waals surface area contributed by atoms with Crippen molar-refractivity contribution in [2.75, 3.05) is 0 Å². The van der Waals surface area contributed by atoms with E-state index < -0.39 is 5.97 Å². The van der Waals surface area contributed by atoms with Crippen molar-refractivity contribution in [1.29, 1.82) is 0 Å². The fourth-order valence-corrected chi connectivity index (χ4v) is 1.12. The quantitative estimate of drug-likeness (QED) is 0.491. The van der Waals surface area contributed by atoms with Crippen LogP contribution in [0.4, 0.5) is 0 Å². The van der Waals surface area contributed by atoms with Crippen molar-refractivity contribution in [2.24, 2.45) is 0 Å². The summed E-state index contributed by atoms with van der Waals surface area (Å²) in [5.41, 5.74) is 0.547. The summed E-state index contributed by atoms with van der Waals surface area (Å²) in [4.78, 5) is 10.5. The molecule has 12 heavy (non-hydrogen) atoms. The summed E-state index contributed by atoms with van der Waals surface area (Å²) in [6.45, 7) is 3.93. The van der Waals surface area contributed by atoms with E-state index in [1.807, 2.05) is 0 Å². The van der Waals surface area contributed by atoms with Crippen LogP contribution in [0.1, 0.15) is 46.0 Å². The average molecular weight is 170 g/mol. The first-order chi connectivity index (χ1) is 5.72. The zero-order valence-corrected chi connectivity index (χ0v) is 7.97. The summed E-state index contributed by atoms with van der Waals surface area (Å²) >= 11 is 0. The molecule has 0 rings (SSSR count). The maximum atomic E-state index is 10.5. The molecule has 1 N–H and O–H groups in total. The van der Waals surface area contributed by atoms with E-state index in [4.69, 9.17) is 5.11 Å². The number of unbranched alkanes of at least 4 members (excludes halogenated alkanes) is 3. The third-order valence-corrected chi connectivity index (χ3v) is 1.92. The van der Waals surface area contributed by atoms with Gasteiger partial charge in [-0.2, -0.15) is 0 Å². The molecule has 0 heterocycles.